The fourth-order valence-corrected chi connectivity index (χ4v) is 2.25. The van der Waals surface area contributed by atoms with Gasteiger partial charge in [0.05, 0.1) is 19.1 Å². The average Bonchev–Trinajstić information content (AvgIpc) is 3.09. The fourth-order valence-electron chi connectivity index (χ4n) is 2.25. The molecule has 0 spiro atoms. The topological polar surface area (TPSA) is 101 Å². The molecule has 2 aromatic rings. The van der Waals surface area contributed by atoms with Crippen LogP contribution < -0.4 is 5.32 Å². The van der Waals surface area contributed by atoms with Crippen LogP contribution in [0.5, 0.6) is 11.5 Å². The van der Waals surface area contributed by atoms with E-state index in [0.717, 1.165) is 0 Å². The summed E-state index contributed by atoms with van der Waals surface area (Å²) in [5, 5.41) is 25.9. The van der Waals surface area contributed by atoms with Crippen molar-refractivity contribution in [3.05, 3.63) is 24.1 Å². The highest BCUT2D eigenvalue weighted by Gasteiger charge is 2.33. The van der Waals surface area contributed by atoms with Crippen molar-refractivity contribution in [2.45, 2.75) is 12.0 Å². The van der Waals surface area contributed by atoms with Crippen molar-refractivity contribution < 1.29 is 19.5 Å². The summed E-state index contributed by atoms with van der Waals surface area (Å²) in [7, 11) is 1.86. The number of ether oxygens (including phenoxy) is 1. The molecule has 2 unspecified atom stereocenters. The first-order valence-corrected chi connectivity index (χ1v) is 6.30. The van der Waals surface area contributed by atoms with E-state index in [0.29, 0.717) is 30.5 Å². The van der Waals surface area contributed by atoms with Crippen molar-refractivity contribution in [3.63, 3.8) is 0 Å². The lowest BCUT2D eigenvalue weighted by Gasteiger charge is -2.11. The van der Waals surface area contributed by atoms with E-state index in [4.69, 9.17) is 9.26 Å². The molecule has 7 nitrogen and oxygen atoms in total. The summed E-state index contributed by atoms with van der Waals surface area (Å²) >= 11 is 0. The Labute approximate surface area is 115 Å². The van der Waals surface area contributed by atoms with Gasteiger partial charge >= 0.3 is 0 Å². The van der Waals surface area contributed by atoms with Crippen LogP contribution >= 0.6 is 0 Å². The lowest BCUT2D eigenvalue weighted by atomic mass is 10.0. The maximum absolute atomic E-state index is 9.49. The average molecular weight is 277 g/mol. The smallest absolute Gasteiger partial charge is 0.234 e. The molecule has 1 aromatic heterocycles. The van der Waals surface area contributed by atoms with E-state index >= 15 is 0 Å². The van der Waals surface area contributed by atoms with Crippen LogP contribution in [-0.2, 0) is 4.74 Å². The molecule has 3 rings (SSSR count). The van der Waals surface area contributed by atoms with Crippen molar-refractivity contribution in [1.82, 2.24) is 15.5 Å². The van der Waals surface area contributed by atoms with Gasteiger partial charge in [0.1, 0.15) is 0 Å². The van der Waals surface area contributed by atoms with E-state index in [9.17, 15) is 10.2 Å². The third-order valence-corrected chi connectivity index (χ3v) is 3.44. The lowest BCUT2D eigenvalue weighted by Crippen LogP contribution is -2.31. The second kappa shape index (κ2) is 5.10. The van der Waals surface area contributed by atoms with Crippen LogP contribution in [-0.4, -0.2) is 46.7 Å². The first-order chi connectivity index (χ1) is 9.69. The third kappa shape index (κ3) is 2.21. The zero-order chi connectivity index (χ0) is 14.1. The van der Waals surface area contributed by atoms with Gasteiger partial charge in [-0.15, -0.1) is 0 Å². The lowest BCUT2D eigenvalue weighted by molar-refractivity contribution is 0.185. The van der Waals surface area contributed by atoms with Gasteiger partial charge in [-0.25, -0.2) is 0 Å². The Balaban J connectivity index is 1.88. The predicted octanol–water partition coefficient (Wildman–Crippen LogP) is 0.850. The summed E-state index contributed by atoms with van der Waals surface area (Å²) in [6, 6.07) is 4.54. The Kier molecular flexibility index (Phi) is 3.29. The molecule has 1 saturated heterocycles. The fraction of sp³-hybridized carbons (Fsp3) is 0.385. The number of likely N-dealkylation sites (N-methyl/N-ethyl adjacent to an activating group) is 1. The first kappa shape index (κ1) is 12.9. The largest absolute Gasteiger partial charge is 0.504 e. The molecule has 3 N–H and O–H groups in total. The molecule has 1 aromatic carbocycles. The molecule has 1 aliphatic rings. The minimum absolute atomic E-state index is 0.0203. The maximum Gasteiger partial charge on any atom is 0.234 e. The van der Waals surface area contributed by atoms with Gasteiger partial charge in [0, 0.05) is 11.6 Å². The highest BCUT2D eigenvalue weighted by Crippen LogP contribution is 2.31. The van der Waals surface area contributed by atoms with Crippen LogP contribution in [0.2, 0.25) is 0 Å². The van der Waals surface area contributed by atoms with Crippen molar-refractivity contribution in [1.29, 1.82) is 0 Å². The van der Waals surface area contributed by atoms with Crippen LogP contribution in [0.1, 0.15) is 11.8 Å². The minimum atomic E-state index is -0.217. The number of nitrogens with zero attached hydrogens (tertiary/aromatic N) is 2. The number of rotatable bonds is 3. The Morgan fingerprint density at radius 3 is 2.85 bits per heavy atom. The van der Waals surface area contributed by atoms with Gasteiger partial charge in [-0.1, -0.05) is 5.16 Å². The molecule has 2 atom stereocenters. The van der Waals surface area contributed by atoms with Crippen LogP contribution in [0.15, 0.2) is 22.7 Å². The number of hydrogen-bond acceptors (Lipinski definition) is 7. The molecule has 7 heteroatoms. The van der Waals surface area contributed by atoms with Gasteiger partial charge in [-0.05, 0) is 25.2 Å². The quantitative estimate of drug-likeness (QED) is 0.715. The SMILES string of the molecule is CNC1COCC1c1nc(-c2ccc(O)c(O)c2)no1. The van der Waals surface area contributed by atoms with Crippen molar-refractivity contribution in [2.75, 3.05) is 20.3 Å². The molecule has 0 bridgehead atoms. The molecule has 2 heterocycles. The van der Waals surface area contributed by atoms with Crippen LogP contribution in [0.4, 0.5) is 0 Å². The van der Waals surface area contributed by atoms with Gasteiger partial charge in [-0.3, -0.25) is 0 Å². The summed E-state index contributed by atoms with van der Waals surface area (Å²) in [5.41, 5.74) is 0.579. The summed E-state index contributed by atoms with van der Waals surface area (Å²) in [5.74, 6) is 0.497. The van der Waals surface area contributed by atoms with Gasteiger partial charge < -0.3 is 24.8 Å². The van der Waals surface area contributed by atoms with Gasteiger partial charge in [0.2, 0.25) is 11.7 Å². The summed E-state index contributed by atoms with van der Waals surface area (Å²) in [4.78, 5) is 4.34. The van der Waals surface area contributed by atoms with E-state index in [1.54, 1.807) is 6.07 Å². The molecule has 20 heavy (non-hydrogen) atoms. The molecule has 0 amide bonds. The molecule has 0 aliphatic carbocycles. The zero-order valence-electron chi connectivity index (χ0n) is 10.9. The second-order valence-corrected chi connectivity index (χ2v) is 4.70. The normalized spacial score (nSPS) is 22.2. The highest BCUT2D eigenvalue weighted by atomic mass is 16.5. The van der Waals surface area contributed by atoms with Crippen LogP contribution in [0.25, 0.3) is 11.4 Å². The molecule has 0 radical (unpaired) electrons. The number of phenols is 2. The van der Waals surface area contributed by atoms with Gasteiger partial charge in [0.25, 0.3) is 0 Å². The molecular weight excluding hydrogens is 262 g/mol. The Bertz CT molecular complexity index is 613. The highest BCUT2D eigenvalue weighted by molar-refractivity contribution is 5.59. The van der Waals surface area contributed by atoms with Crippen LogP contribution in [0, 0.1) is 0 Å². The minimum Gasteiger partial charge on any atom is -0.504 e. The number of benzene rings is 1. The van der Waals surface area contributed by atoms with E-state index in [-0.39, 0.29) is 23.5 Å². The zero-order valence-corrected chi connectivity index (χ0v) is 10.9. The van der Waals surface area contributed by atoms with Crippen molar-refractivity contribution in [3.8, 4) is 22.9 Å². The third-order valence-electron chi connectivity index (χ3n) is 3.44. The Hall–Kier alpha value is -2.12. The first-order valence-electron chi connectivity index (χ1n) is 6.30. The second-order valence-electron chi connectivity index (χ2n) is 4.70. The number of aromatic nitrogens is 2. The van der Waals surface area contributed by atoms with Gasteiger partial charge in [0.15, 0.2) is 11.5 Å². The number of hydrogen-bond donors (Lipinski definition) is 3. The van der Waals surface area contributed by atoms with E-state index in [1.807, 2.05) is 7.05 Å². The predicted molar refractivity (Wildman–Crippen MR) is 69.5 cm³/mol. The van der Waals surface area contributed by atoms with E-state index < -0.39 is 0 Å². The maximum atomic E-state index is 9.49. The number of nitrogens with one attached hydrogen (secondary N) is 1. The molecule has 1 fully saturated rings. The standard InChI is InChI=1S/C13H15N3O4/c1-14-9-6-19-5-8(9)13-15-12(16-20-13)7-2-3-10(17)11(18)4-7/h2-4,8-9,14,17-18H,5-6H2,1H3. The monoisotopic (exact) mass is 277 g/mol. The number of aromatic hydroxyl groups is 2. The van der Waals surface area contributed by atoms with E-state index in [1.165, 1.54) is 12.1 Å². The van der Waals surface area contributed by atoms with Crippen LogP contribution in [0.3, 0.4) is 0 Å². The Morgan fingerprint density at radius 1 is 1.25 bits per heavy atom. The molecule has 1 aliphatic heterocycles. The number of phenolic OH excluding ortho intramolecular Hbond substituents is 2. The molecule has 0 saturated carbocycles. The summed E-state index contributed by atoms with van der Waals surface area (Å²) in [6.07, 6.45) is 0. The summed E-state index contributed by atoms with van der Waals surface area (Å²) in [6.45, 7) is 1.15. The molecular formula is C13H15N3O4. The summed E-state index contributed by atoms with van der Waals surface area (Å²) < 4.78 is 10.7. The van der Waals surface area contributed by atoms with Crippen molar-refractivity contribution in [2.24, 2.45) is 0 Å². The van der Waals surface area contributed by atoms with E-state index in [2.05, 4.69) is 15.5 Å². The molecule has 106 valence electrons. The Morgan fingerprint density at radius 2 is 2.10 bits per heavy atom. The van der Waals surface area contributed by atoms with Crippen molar-refractivity contribution >= 4 is 0 Å². The van der Waals surface area contributed by atoms with Gasteiger partial charge in [-0.2, -0.15) is 4.98 Å².